The van der Waals surface area contributed by atoms with E-state index in [0.717, 1.165) is 23.3 Å². The molecule has 2 aromatic carbocycles. The number of amides is 1. The van der Waals surface area contributed by atoms with Crippen LogP contribution in [0, 0.1) is 0 Å². The quantitative estimate of drug-likeness (QED) is 0.706. The van der Waals surface area contributed by atoms with Crippen LogP contribution < -0.4 is 10.1 Å². The van der Waals surface area contributed by atoms with Gasteiger partial charge in [0.05, 0.1) is 7.11 Å². The van der Waals surface area contributed by atoms with Crippen molar-refractivity contribution in [2.24, 2.45) is 0 Å². The van der Waals surface area contributed by atoms with Crippen LogP contribution in [-0.2, 0) is 24.3 Å². The topological polar surface area (TPSA) is 81.9 Å². The van der Waals surface area contributed by atoms with E-state index in [1.165, 1.54) is 10.4 Å². The molecule has 0 radical (unpaired) electrons. The number of aromatic nitrogens is 4. The Kier molecular flexibility index (Phi) is 5.58. The van der Waals surface area contributed by atoms with Gasteiger partial charge in [0, 0.05) is 12.1 Å². The standard InChI is InChI=1S/C19H21N5O2/c1-3-14-4-8-16(9-5-14)19-21-23-24(22-19)13-18(25)20-12-15-6-10-17(26-2)11-7-15/h4-11H,3,12-13H2,1-2H3,(H,20,25). The normalized spacial score (nSPS) is 10.5. The van der Waals surface area contributed by atoms with Crippen molar-refractivity contribution in [2.45, 2.75) is 26.4 Å². The molecule has 1 N–H and O–H groups in total. The van der Waals surface area contributed by atoms with Gasteiger partial charge < -0.3 is 10.1 Å². The Balaban J connectivity index is 1.55. The van der Waals surface area contributed by atoms with Crippen LogP contribution in [0.3, 0.4) is 0 Å². The van der Waals surface area contributed by atoms with Gasteiger partial charge in [0.15, 0.2) is 0 Å². The van der Waals surface area contributed by atoms with Crippen molar-refractivity contribution in [3.8, 4) is 17.1 Å². The van der Waals surface area contributed by atoms with Crippen LogP contribution in [0.25, 0.3) is 11.4 Å². The molecule has 7 nitrogen and oxygen atoms in total. The molecular formula is C19H21N5O2. The number of tetrazole rings is 1. The number of nitrogens with one attached hydrogen (secondary N) is 1. The van der Waals surface area contributed by atoms with E-state index in [1.54, 1.807) is 7.11 Å². The molecule has 7 heteroatoms. The lowest BCUT2D eigenvalue weighted by molar-refractivity contribution is -0.122. The zero-order valence-electron chi connectivity index (χ0n) is 14.8. The smallest absolute Gasteiger partial charge is 0.243 e. The van der Waals surface area contributed by atoms with Gasteiger partial charge in [0.1, 0.15) is 12.3 Å². The number of ether oxygens (including phenoxy) is 1. The maximum absolute atomic E-state index is 12.1. The van der Waals surface area contributed by atoms with Crippen LogP contribution in [0.5, 0.6) is 5.75 Å². The van der Waals surface area contributed by atoms with Gasteiger partial charge >= 0.3 is 0 Å². The predicted molar refractivity (Wildman–Crippen MR) is 97.5 cm³/mol. The highest BCUT2D eigenvalue weighted by Gasteiger charge is 2.09. The minimum Gasteiger partial charge on any atom is -0.497 e. The number of rotatable bonds is 7. The van der Waals surface area contributed by atoms with Crippen molar-refractivity contribution in [2.75, 3.05) is 7.11 Å². The Morgan fingerprint density at radius 1 is 1.08 bits per heavy atom. The molecule has 1 amide bonds. The first-order valence-electron chi connectivity index (χ1n) is 8.44. The fourth-order valence-electron chi connectivity index (χ4n) is 2.44. The van der Waals surface area contributed by atoms with E-state index in [1.807, 2.05) is 48.5 Å². The van der Waals surface area contributed by atoms with Gasteiger partial charge in [-0.1, -0.05) is 43.3 Å². The summed E-state index contributed by atoms with van der Waals surface area (Å²) in [4.78, 5) is 13.4. The van der Waals surface area contributed by atoms with Crippen LogP contribution in [0.1, 0.15) is 18.1 Å². The first-order valence-corrected chi connectivity index (χ1v) is 8.44. The average Bonchev–Trinajstić information content (AvgIpc) is 3.15. The molecule has 0 aliphatic carbocycles. The molecule has 0 fully saturated rings. The largest absolute Gasteiger partial charge is 0.497 e. The van der Waals surface area contributed by atoms with E-state index in [9.17, 15) is 4.79 Å². The Bertz CT molecular complexity index is 856. The number of benzene rings is 2. The Hall–Kier alpha value is -3.22. The summed E-state index contributed by atoms with van der Waals surface area (Å²) in [6.07, 6.45) is 0.981. The van der Waals surface area contributed by atoms with E-state index in [-0.39, 0.29) is 12.5 Å². The zero-order chi connectivity index (χ0) is 18.4. The molecule has 0 unspecified atom stereocenters. The highest BCUT2D eigenvalue weighted by Crippen LogP contribution is 2.14. The zero-order valence-corrected chi connectivity index (χ0v) is 14.8. The predicted octanol–water partition coefficient (Wildman–Crippen LogP) is 2.23. The maximum Gasteiger partial charge on any atom is 0.243 e. The molecule has 0 bridgehead atoms. The molecular weight excluding hydrogens is 330 g/mol. The van der Waals surface area contributed by atoms with Gasteiger partial charge in [-0.2, -0.15) is 4.80 Å². The van der Waals surface area contributed by atoms with Crippen molar-refractivity contribution in [1.82, 2.24) is 25.5 Å². The molecule has 0 spiro atoms. The molecule has 0 saturated carbocycles. The molecule has 0 saturated heterocycles. The summed E-state index contributed by atoms with van der Waals surface area (Å²) in [7, 11) is 1.62. The molecule has 0 atom stereocenters. The first-order chi connectivity index (χ1) is 12.7. The highest BCUT2D eigenvalue weighted by molar-refractivity contribution is 5.75. The van der Waals surface area contributed by atoms with Gasteiger partial charge in [0.2, 0.25) is 11.7 Å². The fraction of sp³-hybridized carbons (Fsp3) is 0.263. The molecule has 26 heavy (non-hydrogen) atoms. The molecule has 1 aromatic heterocycles. The summed E-state index contributed by atoms with van der Waals surface area (Å²) in [6, 6.07) is 15.5. The van der Waals surface area contributed by atoms with E-state index < -0.39 is 0 Å². The summed E-state index contributed by atoms with van der Waals surface area (Å²) < 4.78 is 5.11. The van der Waals surface area contributed by atoms with Gasteiger partial charge in [-0.15, -0.1) is 10.2 Å². The van der Waals surface area contributed by atoms with E-state index in [2.05, 4.69) is 27.7 Å². The van der Waals surface area contributed by atoms with E-state index in [0.29, 0.717) is 12.4 Å². The number of carbonyl (C=O) groups is 1. The van der Waals surface area contributed by atoms with Crippen LogP contribution >= 0.6 is 0 Å². The third kappa shape index (κ3) is 4.44. The number of hydrogen-bond acceptors (Lipinski definition) is 5. The third-order valence-corrected chi connectivity index (χ3v) is 4.01. The highest BCUT2D eigenvalue weighted by atomic mass is 16.5. The summed E-state index contributed by atoms with van der Waals surface area (Å²) in [5.74, 6) is 1.12. The van der Waals surface area contributed by atoms with Crippen LogP contribution in [0.4, 0.5) is 0 Å². The molecule has 3 aromatic rings. The number of hydrogen-bond donors (Lipinski definition) is 1. The maximum atomic E-state index is 12.1. The third-order valence-electron chi connectivity index (χ3n) is 4.01. The van der Waals surface area contributed by atoms with Gasteiger partial charge in [-0.25, -0.2) is 0 Å². The second kappa shape index (κ2) is 8.24. The SMILES string of the molecule is CCc1ccc(-c2nnn(CC(=O)NCc3ccc(OC)cc3)n2)cc1. The van der Waals surface area contributed by atoms with Crippen molar-refractivity contribution in [3.05, 3.63) is 59.7 Å². The Labute approximate surface area is 152 Å². The van der Waals surface area contributed by atoms with E-state index in [4.69, 9.17) is 4.74 Å². The lowest BCUT2D eigenvalue weighted by atomic mass is 10.1. The number of nitrogens with zero attached hydrogens (tertiary/aromatic N) is 4. The van der Waals surface area contributed by atoms with Gasteiger partial charge in [-0.3, -0.25) is 4.79 Å². The summed E-state index contributed by atoms with van der Waals surface area (Å²) >= 11 is 0. The molecule has 134 valence electrons. The summed E-state index contributed by atoms with van der Waals surface area (Å²) in [5, 5.41) is 15.1. The molecule has 3 rings (SSSR count). The molecule has 0 aliphatic rings. The van der Waals surface area contributed by atoms with Crippen LogP contribution in [-0.4, -0.2) is 33.2 Å². The van der Waals surface area contributed by atoms with Crippen LogP contribution in [0.2, 0.25) is 0 Å². The first kappa shape index (κ1) is 17.6. The Morgan fingerprint density at radius 3 is 2.42 bits per heavy atom. The second-order valence-electron chi connectivity index (χ2n) is 5.82. The molecule has 1 heterocycles. The average molecular weight is 351 g/mol. The van der Waals surface area contributed by atoms with Crippen molar-refractivity contribution in [3.63, 3.8) is 0 Å². The van der Waals surface area contributed by atoms with Crippen molar-refractivity contribution < 1.29 is 9.53 Å². The fourth-order valence-corrected chi connectivity index (χ4v) is 2.44. The number of carbonyl (C=O) groups excluding carboxylic acids is 1. The van der Waals surface area contributed by atoms with Crippen LogP contribution in [0.15, 0.2) is 48.5 Å². The van der Waals surface area contributed by atoms with Gasteiger partial charge in [0.25, 0.3) is 0 Å². The Morgan fingerprint density at radius 2 is 1.77 bits per heavy atom. The second-order valence-corrected chi connectivity index (χ2v) is 5.82. The van der Waals surface area contributed by atoms with Crippen molar-refractivity contribution >= 4 is 5.91 Å². The van der Waals surface area contributed by atoms with E-state index >= 15 is 0 Å². The van der Waals surface area contributed by atoms with Gasteiger partial charge in [-0.05, 0) is 34.9 Å². The lowest BCUT2D eigenvalue weighted by Gasteiger charge is -2.05. The lowest BCUT2D eigenvalue weighted by Crippen LogP contribution is -2.28. The number of aryl methyl sites for hydroxylation is 1. The summed E-state index contributed by atoms with van der Waals surface area (Å²) in [6.45, 7) is 2.56. The summed E-state index contributed by atoms with van der Waals surface area (Å²) in [5.41, 5.74) is 3.12. The number of methoxy groups -OCH3 is 1. The molecule has 0 aliphatic heterocycles. The minimum absolute atomic E-state index is 0.0240. The van der Waals surface area contributed by atoms with Crippen molar-refractivity contribution in [1.29, 1.82) is 0 Å². The minimum atomic E-state index is -0.175. The monoisotopic (exact) mass is 351 g/mol.